The van der Waals surface area contributed by atoms with Crippen LogP contribution in [0, 0.1) is 0 Å². The minimum absolute atomic E-state index is 0.0627. The van der Waals surface area contributed by atoms with E-state index in [0.29, 0.717) is 45.4 Å². The fourth-order valence-electron chi connectivity index (χ4n) is 4.60. The highest BCUT2D eigenvalue weighted by atomic mass is 35.5. The van der Waals surface area contributed by atoms with Crippen molar-refractivity contribution in [2.45, 2.75) is 36.4 Å². The van der Waals surface area contributed by atoms with Gasteiger partial charge in [0.1, 0.15) is 0 Å². The summed E-state index contributed by atoms with van der Waals surface area (Å²) in [6.45, 7) is 4.75. The lowest BCUT2D eigenvalue weighted by molar-refractivity contribution is -0.117. The van der Waals surface area contributed by atoms with Gasteiger partial charge >= 0.3 is 0 Å². The summed E-state index contributed by atoms with van der Waals surface area (Å²) in [6.07, 6.45) is 3.82. The fraction of sp³-hybridized carbons (Fsp3) is 0.212. The molecule has 0 saturated carbocycles. The number of anilines is 1. The second kappa shape index (κ2) is 14.6. The predicted molar refractivity (Wildman–Crippen MR) is 175 cm³/mol. The standard InChI is InChI=1S/C33H30ClN3O5S2/c1-3-18-42-26-17-15-22(19-27(26)41-4-2)29-28(25(38)16-14-21-10-6-5-7-11-21)30(39)31(40)37(29)32-35-36-33(44-32)43-20-23-12-8-9-13-24(23)34/h5-17,19,29,39H,3-4,18,20H2,1-2H3/b16-14+. The number of benzene rings is 3. The Balaban J connectivity index is 1.52. The van der Waals surface area contributed by atoms with Gasteiger partial charge in [0.25, 0.3) is 5.91 Å². The molecule has 1 aliphatic heterocycles. The van der Waals surface area contributed by atoms with Crippen LogP contribution in [-0.4, -0.2) is 40.2 Å². The van der Waals surface area contributed by atoms with Crippen molar-refractivity contribution in [3.63, 3.8) is 0 Å². The zero-order valence-corrected chi connectivity index (χ0v) is 26.5. The van der Waals surface area contributed by atoms with E-state index in [9.17, 15) is 14.7 Å². The third-order valence-corrected chi connectivity index (χ3v) is 9.13. The molecule has 44 heavy (non-hydrogen) atoms. The maximum Gasteiger partial charge on any atom is 0.296 e. The molecule has 1 aliphatic rings. The largest absolute Gasteiger partial charge is 0.503 e. The van der Waals surface area contributed by atoms with Crippen molar-refractivity contribution in [1.29, 1.82) is 0 Å². The SMILES string of the molecule is CCCOc1ccc(C2C(C(=O)/C=C/c3ccccc3)=C(O)C(=O)N2c2nnc(SCc3ccccc3Cl)s2)cc1OCC. The Bertz CT molecular complexity index is 1710. The van der Waals surface area contributed by atoms with Crippen LogP contribution in [0.5, 0.6) is 11.5 Å². The number of carbonyl (C=O) groups is 2. The summed E-state index contributed by atoms with van der Waals surface area (Å²) in [4.78, 5) is 28.6. The summed E-state index contributed by atoms with van der Waals surface area (Å²) < 4.78 is 12.3. The summed E-state index contributed by atoms with van der Waals surface area (Å²) in [5, 5.41) is 20.6. The predicted octanol–water partition coefficient (Wildman–Crippen LogP) is 7.85. The molecule has 8 nitrogen and oxygen atoms in total. The van der Waals surface area contributed by atoms with Crippen LogP contribution in [0.2, 0.25) is 5.02 Å². The van der Waals surface area contributed by atoms with Gasteiger partial charge in [-0.05, 0) is 54.3 Å². The Hall–Kier alpha value is -4.12. The van der Waals surface area contributed by atoms with Gasteiger partial charge in [0.2, 0.25) is 5.13 Å². The molecule has 1 amide bonds. The zero-order valence-electron chi connectivity index (χ0n) is 24.1. The highest BCUT2D eigenvalue weighted by Crippen LogP contribution is 2.45. The van der Waals surface area contributed by atoms with E-state index in [0.717, 1.165) is 17.5 Å². The van der Waals surface area contributed by atoms with E-state index >= 15 is 0 Å². The highest BCUT2D eigenvalue weighted by molar-refractivity contribution is 8.00. The van der Waals surface area contributed by atoms with Gasteiger partial charge < -0.3 is 14.6 Å². The molecule has 1 unspecified atom stereocenters. The van der Waals surface area contributed by atoms with Crippen molar-refractivity contribution >= 4 is 57.6 Å². The molecule has 5 rings (SSSR count). The Morgan fingerprint density at radius 2 is 1.82 bits per heavy atom. The number of amides is 1. The number of allylic oxidation sites excluding steroid dienone is 1. The van der Waals surface area contributed by atoms with Crippen LogP contribution in [0.25, 0.3) is 6.08 Å². The number of aliphatic hydroxyl groups is 1. The maximum absolute atomic E-state index is 13.7. The number of thioether (sulfide) groups is 1. The number of nitrogens with zero attached hydrogens (tertiary/aromatic N) is 3. The molecule has 1 atom stereocenters. The molecule has 4 aromatic rings. The van der Waals surface area contributed by atoms with Crippen LogP contribution in [0.15, 0.2) is 94.5 Å². The van der Waals surface area contributed by atoms with Crippen LogP contribution in [0.4, 0.5) is 5.13 Å². The van der Waals surface area contributed by atoms with Crippen LogP contribution in [-0.2, 0) is 15.3 Å². The van der Waals surface area contributed by atoms with E-state index in [2.05, 4.69) is 10.2 Å². The van der Waals surface area contributed by atoms with E-state index in [1.807, 2.05) is 68.4 Å². The normalized spacial score (nSPS) is 14.9. The number of ketones is 1. The second-order valence-electron chi connectivity index (χ2n) is 9.67. The summed E-state index contributed by atoms with van der Waals surface area (Å²) in [6, 6.07) is 21.1. The number of aromatic nitrogens is 2. The number of ether oxygens (including phenoxy) is 2. The van der Waals surface area contributed by atoms with Gasteiger partial charge in [-0.25, -0.2) is 0 Å². The van der Waals surface area contributed by atoms with Crippen molar-refractivity contribution in [1.82, 2.24) is 10.2 Å². The molecule has 226 valence electrons. The number of hydrogen-bond acceptors (Lipinski definition) is 9. The second-order valence-corrected chi connectivity index (χ2v) is 12.3. The third-order valence-electron chi connectivity index (χ3n) is 6.66. The molecular formula is C33H30ClN3O5S2. The average Bonchev–Trinajstić information content (AvgIpc) is 3.61. The van der Waals surface area contributed by atoms with E-state index in [1.54, 1.807) is 24.3 Å². The van der Waals surface area contributed by atoms with E-state index in [-0.39, 0.29) is 10.7 Å². The van der Waals surface area contributed by atoms with Crippen LogP contribution >= 0.6 is 34.7 Å². The number of halogens is 1. The lowest BCUT2D eigenvalue weighted by Crippen LogP contribution is -2.31. The Morgan fingerprint density at radius 1 is 1.05 bits per heavy atom. The van der Waals surface area contributed by atoms with Gasteiger partial charge in [-0.2, -0.15) is 0 Å². The molecule has 0 aliphatic carbocycles. The zero-order chi connectivity index (χ0) is 31.1. The molecule has 0 saturated heterocycles. The van der Waals surface area contributed by atoms with Gasteiger partial charge in [-0.3, -0.25) is 14.5 Å². The smallest absolute Gasteiger partial charge is 0.296 e. The van der Waals surface area contributed by atoms with Crippen molar-refractivity contribution in [2.24, 2.45) is 0 Å². The lowest BCUT2D eigenvalue weighted by atomic mass is 9.95. The number of carbonyl (C=O) groups excluding carboxylic acids is 2. The van der Waals surface area contributed by atoms with Crippen molar-refractivity contribution in [3.8, 4) is 11.5 Å². The number of rotatable bonds is 13. The molecule has 1 N–H and O–H groups in total. The first kappa shape index (κ1) is 31.3. The monoisotopic (exact) mass is 647 g/mol. The minimum atomic E-state index is -0.982. The molecule has 1 aromatic heterocycles. The first-order valence-corrected chi connectivity index (χ1v) is 16.2. The van der Waals surface area contributed by atoms with Gasteiger partial charge in [0.05, 0.1) is 24.8 Å². The summed E-state index contributed by atoms with van der Waals surface area (Å²) in [5.74, 6) is -0.309. The quantitative estimate of drug-likeness (QED) is 0.0889. The Morgan fingerprint density at radius 3 is 2.57 bits per heavy atom. The summed E-state index contributed by atoms with van der Waals surface area (Å²) in [7, 11) is 0. The average molecular weight is 648 g/mol. The fourth-order valence-corrected chi connectivity index (χ4v) is 6.76. The number of hydrogen-bond donors (Lipinski definition) is 1. The van der Waals surface area contributed by atoms with Crippen LogP contribution in [0.3, 0.4) is 0 Å². The van der Waals surface area contributed by atoms with Crippen molar-refractivity contribution in [3.05, 3.63) is 112 Å². The molecule has 0 radical (unpaired) electrons. The van der Waals surface area contributed by atoms with Gasteiger partial charge in [0, 0.05) is 10.8 Å². The van der Waals surface area contributed by atoms with Gasteiger partial charge in [0.15, 0.2) is 27.4 Å². The van der Waals surface area contributed by atoms with E-state index in [1.165, 1.54) is 34.1 Å². The molecular weight excluding hydrogens is 618 g/mol. The molecule has 0 fully saturated rings. The van der Waals surface area contributed by atoms with Crippen LogP contribution < -0.4 is 14.4 Å². The third kappa shape index (κ3) is 6.99. The molecule has 11 heteroatoms. The first-order chi connectivity index (χ1) is 21.4. The van der Waals surface area contributed by atoms with E-state index in [4.69, 9.17) is 21.1 Å². The van der Waals surface area contributed by atoms with Crippen molar-refractivity contribution < 1.29 is 24.2 Å². The van der Waals surface area contributed by atoms with Gasteiger partial charge in [-0.15, -0.1) is 10.2 Å². The van der Waals surface area contributed by atoms with Crippen LogP contribution in [0.1, 0.15) is 43.0 Å². The topological polar surface area (TPSA) is 102 Å². The molecule has 0 spiro atoms. The molecule has 3 aromatic carbocycles. The van der Waals surface area contributed by atoms with Crippen molar-refractivity contribution in [2.75, 3.05) is 18.1 Å². The summed E-state index contributed by atoms with van der Waals surface area (Å²) >= 11 is 8.94. The Labute approximate surface area is 269 Å². The van der Waals surface area contributed by atoms with Gasteiger partial charge in [-0.1, -0.05) is 102 Å². The minimum Gasteiger partial charge on any atom is -0.503 e. The highest BCUT2D eigenvalue weighted by Gasteiger charge is 2.45. The summed E-state index contributed by atoms with van der Waals surface area (Å²) in [5.41, 5.74) is 2.23. The van der Waals surface area contributed by atoms with E-state index < -0.39 is 23.5 Å². The maximum atomic E-state index is 13.7. The number of aliphatic hydroxyl groups excluding tert-OH is 1. The Kier molecular flexibility index (Phi) is 10.4. The first-order valence-electron chi connectivity index (χ1n) is 14.0. The lowest BCUT2D eigenvalue weighted by Gasteiger charge is -2.24. The molecule has 2 heterocycles. The molecule has 0 bridgehead atoms.